The summed E-state index contributed by atoms with van der Waals surface area (Å²) in [5, 5.41) is 0. The van der Waals surface area contributed by atoms with Crippen molar-refractivity contribution in [2.45, 2.75) is 143 Å². The lowest BCUT2D eigenvalue weighted by atomic mass is 10.00. The van der Waals surface area contributed by atoms with Gasteiger partial charge in [0.05, 0.1) is 5.92 Å². The quantitative estimate of drug-likeness (QED) is 0.133. The monoisotopic (exact) mass is 410 g/mol. The Bertz CT molecular complexity index is 378. The van der Waals surface area contributed by atoms with E-state index in [2.05, 4.69) is 13.8 Å². The number of unbranched alkanes of at least 4 members (excludes halogenated alkanes) is 14. The van der Waals surface area contributed by atoms with Gasteiger partial charge in [-0.1, -0.05) is 117 Å². The fourth-order valence-corrected chi connectivity index (χ4v) is 3.80. The Morgan fingerprint density at radius 3 is 1.52 bits per heavy atom. The summed E-state index contributed by atoms with van der Waals surface area (Å²) in [6.45, 7) is 6.38. The van der Waals surface area contributed by atoms with Gasteiger partial charge in [-0.25, -0.2) is 0 Å². The van der Waals surface area contributed by atoms with Crippen LogP contribution >= 0.6 is 0 Å². The first-order valence-electron chi connectivity index (χ1n) is 12.8. The van der Waals surface area contributed by atoms with E-state index < -0.39 is 0 Å². The molecule has 3 heteroatoms. The largest absolute Gasteiger partial charge is 0.457 e. The van der Waals surface area contributed by atoms with Crippen LogP contribution in [-0.4, -0.2) is 18.4 Å². The zero-order valence-electron chi connectivity index (χ0n) is 19.9. The number of Topliss-reactive ketones (excluding diaryl/α,β-unsaturated/α-hetero) is 1. The number of esters is 1. The smallest absolute Gasteiger partial charge is 0.309 e. The van der Waals surface area contributed by atoms with Gasteiger partial charge in [0.25, 0.3) is 0 Å². The Kier molecular flexibility index (Phi) is 21.2. The Labute approximate surface area is 181 Å². The van der Waals surface area contributed by atoms with Crippen molar-refractivity contribution in [3.63, 3.8) is 0 Å². The van der Waals surface area contributed by atoms with Crippen LogP contribution in [0.25, 0.3) is 0 Å². The average Bonchev–Trinajstić information content (AvgIpc) is 2.73. The number of carbonyl (C=O) groups excluding carboxylic acids is 2. The second kappa shape index (κ2) is 21.8. The maximum absolute atomic E-state index is 12.0. The van der Waals surface area contributed by atoms with Crippen molar-refractivity contribution in [2.24, 2.45) is 5.92 Å². The lowest BCUT2D eigenvalue weighted by Crippen LogP contribution is -2.21. The third kappa shape index (κ3) is 18.9. The lowest BCUT2D eigenvalue weighted by Gasteiger charge is -2.13. The molecule has 0 amide bonds. The molecular formula is C26H50O3. The number of ether oxygens (including phenoxy) is 1. The van der Waals surface area contributed by atoms with Crippen LogP contribution in [0.15, 0.2) is 0 Å². The van der Waals surface area contributed by atoms with Gasteiger partial charge in [-0.05, 0) is 19.3 Å². The number of rotatable bonds is 22. The first-order valence-corrected chi connectivity index (χ1v) is 12.8. The maximum atomic E-state index is 12.0. The van der Waals surface area contributed by atoms with Gasteiger partial charge in [-0.15, -0.1) is 0 Å². The van der Waals surface area contributed by atoms with Crippen LogP contribution in [0, 0.1) is 5.92 Å². The molecular weight excluding hydrogens is 360 g/mol. The molecule has 0 aromatic heterocycles. The topological polar surface area (TPSA) is 43.4 Å². The molecule has 0 aromatic rings. The van der Waals surface area contributed by atoms with Gasteiger partial charge < -0.3 is 4.74 Å². The van der Waals surface area contributed by atoms with E-state index in [1.807, 2.05) is 6.92 Å². The van der Waals surface area contributed by atoms with Crippen molar-refractivity contribution in [1.29, 1.82) is 0 Å². The van der Waals surface area contributed by atoms with Crippen molar-refractivity contribution in [3.05, 3.63) is 0 Å². The minimum absolute atomic E-state index is 0.0279. The molecule has 0 saturated heterocycles. The van der Waals surface area contributed by atoms with Crippen LogP contribution in [0.3, 0.4) is 0 Å². The number of ketones is 1. The number of carbonyl (C=O) groups is 2. The summed E-state index contributed by atoms with van der Waals surface area (Å²) >= 11 is 0. The maximum Gasteiger partial charge on any atom is 0.309 e. The van der Waals surface area contributed by atoms with E-state index in [1.54, 1.807) is 0 Å². The molecule has 0 aliphatic carbocycles. The summed E-state index contributed by atoms with van der Waals surface area (Å²) in [5.74, 6) is -0.151. The second-order valence-electron chi connectivity index (χ2n) is 8.74. The van der Waals surface area contributed by atoms with Gasteiger partial charge in [0, 0.05) is 6.42 Å². The Hall–Kier alpha value is -0.860. The normalized spacial score (nSPS) is 12.1. The van der Waals surface area contributed by atoms with Crippen LogP contribution in [-0.2, 0) is 14.3 Å². The average molecular weight is 411 g/mol. The highest BCUT2D eigenvalue weighted by molar-refractivity contribution is 5.82. The lowest BCUT2D eigenvalue weighted by molar-refractivity contribution is -0.152. The van der Waals surface area contributed by atoms with Gasteiger partial charge in [0.1, 0.15) is 6.61 Å². The number of hydrogen-bond donors (Lipinski definition) is 0. The van der Waals surface area contributed by atoms with Crippen LogP contribution in [0.2, 0.25) is 0 Å². The van der Waals surface area contributed by atoms with E-state index in [1.165, 1.54) is 77.0 Å². The van der Waals surface area contributed by atoms with Gasteiger partial charge >= 0.3 is 5.97 Å². The number of hydrogen-bond acceptors (Lipinski definition) is 3. The van der Waals surface area contributed by atoms with E-state index in [0.29, 0.717) is 6.42 Å². The summed E-state index contributed by atoms with van der Waals surface area (Å²) in [6.07, 6.45) is 22.8. The molecule has 29 heavy (non-hydrogen) atoms. The molecule has 0 heterocycles. The van der Waals surface area contributed by atoms with Gasteiger partial charge in [0.2, 0.25) is 0 Å². The molecule has 0 N–H and O–H groups in total. The predicted octanol–water partition coefficient (Wildman–Crippen LogP) is 8.19. The highest BCUT2D eigenvalue weighted by atomic mass is 16.5. The van der Waals surface area contributed by atoms with E-state index in [0.717, 1.165) is 38.5 Å². The Morgan fingerprint density at radius 1 is 0.621 bits per heavy atom. The molecule has 0 spiro atoms. The van der Waals surface area contributed by atoms with Gasteiger partial charge in [-0.2, -0.15) is 0 Å². The van der Waals surface area contributed by atoms with E-state index in [-0.39, 0.29) is 24.3 Å². The van der Waals surface area contributed by atoms with Crippen molar-refractivity contribution < 1.29 is 14.3 Å². The van der Waals surface area contributed by atoms with Gasteiger partial charge in [-0.3, -0.25) is 9.59 Å². The molecule has 1 unspecified atom stereocenters. The second-order valence-corrected chi connectivity index (χ2v) is 8.74. The van der Waals surface area contributed by atoms with Crippen LogP contribution < -0.4 is 0 Å². The SMILES string of the molecule is CCCCCCCCCCCCCCCCC(=O)COC(=O)C(CC)CCCC. The van der Waals surface area contributed by atoms with Crippen LogP contribution in [0.1, 0.15) is 143 Å². The molecule has 0 aromatic carbocycles. The highest BCUT2D eigenvalue weighted by Gasteiger charge is 2.18. The standard InChI is InChI=1S/C26H50O3/c1-4-7-9-10-11-12-13-14-15-16-17-18-19-20-22-25(27)23-29-26(28)24(6-3)21-8-5-2/h24H,4-23H2,1-3H3. The first-order chi connectivity index (χ1) is 14.2. The van der Waals surface area contributed by atoms with Crippen molar-refractivity contribution in [2.75, 3.05) is 6.61 Å². The molecule has 3 nitrogen and oxygen atoms in total. The minimum Gasteiger partial charge on any atom is -0.457 e. The van der Waals surface area contributed by atoms with Crippen molar-refractivity contribution in [3.8, 4) is 0 Å². The molecule has 0 radical (unpaired) electrons. The molecule has 0 fully saturated rings. The fourth-order valence-electron chi connectivity index (χ4n) is 3.80. The third-order valence-electron chi connectivity index (χ3n) is 5.92. The van der Waals surface area contributed by atoms with E-state index in [9.17, 15) is 9.59 Å². The molecule has 0 saturated carbocycles. The zero-order chi connectivity index (χ0) is 21.6. The molecule has 172 valence electrons. The summed E-state index contributed by atoms with van der Waals surface area (Å²) in [5.41, 5.74) is 0. The predicted molar refractivity (Wildman–Crippen MR) is 124 cm³/mol. The molecule has 0 aliphatic heterocycles. The zero-order valence-corrected chi connectivity index (χ0v) is 19.9. The molecule has 0 aliphatic rings. The summed E-state index contributed by atoms with van der Waals surface area (Å²) in [7, 11) is 0. The Morgan fingerprint density at radius 2 is 1.07 bits per heavy atom. The fraction of sp³-hybridized carbons (Fsp3) is 0.923. The van der Waals surface area contributed by atoms with Crippen LogP contribution in [0.5, 0.6) is 0 Å². The summed E-state index contributed by atoms with van der Waals surface area (Å²) in [4.78, 5) is 23.9. The first kappa shape index (κ1) is 28.1. The minimum atomic E-state index is -0.185. The molecule has 1 atom stereocenters. The van der Waals surface area contributed by atoms with Crippen molar-refractivity contribution >= 4 is 11.8 Å². The highest BCUT2D eigenvalue weighted by Crippen LogP contribution is 2.15. The summed E-state index contributed by atoms with van der Waals surface area (Å²) < 4.78 is 5.24. The Balaban J connectivity index is 3.42. The molecule has 0 rings (SSSR count). The van der Waals surface area contributed by atoms with E-state index in [4.69, 9.17) is 4.74 Å². The van der Waals surface area contributed by atoms with Crippen LogP contribution in [0.4, 0.5) is 0 Å². The van der Waals surface area contributed by atoms with Gasteiger partial charge in [0.15, 0.2) is 5.78 Å². The third-order valence-corrected chi connectivity index (χ3v) is 5.92. The van der Waals surface area contributed by atoms with E-state index >= 15 is 0 Å². The summed E-state index contributed by atoms with van der Waals surface area (Å²) in [6, 6.07) is 0. The van der Waals surface area contributed by atoms with Crippen molar-refractivity contribution in [1.82, 2.24) is 0 Å². The molecule has 0 bridgehead atoms.